The molecule has 3 aromatic rings. The molecule has 3 rings (SSSR count). The van der Waals surface area contributed by atoms with Crippen LogP contribution in [0.5, 0.6) is 0 Å². The second-order valence-corrected chi connectivity index (χ2v) is 5.24. The lowest BCUT2D eigenvalue weighted by atomic mass is 10.2. The van der Waals surface area contributed by atoms with Crippen LogP contribution in [0.15, 0.2) is 54.6 Å². The molecule has 126 valence electrons. The van der Waals surface area contributed by atoms with Gasteiger partial charge in [-0.25, -0.2) is 0 Å². The molecule has 0 bridgehead atoms. The number of tetrazole rings is 1. The molecule has 0 saturated heterocycles. The quantitative estimate of drug-likeness (QED) is 0.519. The number of carbonyl (C=O) groups is 1. The number of aromatic nitrogens is 4. The van der Waals surface area contributed by atoms with E-state index in [2.05, 4.69) is 15.4 Å². The number of nitro benzene ring substituents is 1. The zero-order valence-electron chi connectivity index (χ0n) is 13.3. The van der Waals surface area contributed by atoms with Crippen LogP contribution in [0.4, 0.5) is 11.4 Å². The first-order valence-electron chi connectivity index (χ1n) is 7.39. The van der Waals surface area contributed by atoms with Crippen LogP contribution in [0.2, 0.25) is 0 Å². The second-order valence-electron chi connectivity index (χ2n) is 5.24. The standard InChI is InChI=1S/C16H14N6O3/c1-20(13-7-9-14(10-8-13)22(24)25)15(23)11-21-18-16(17-19-21)12-5-3-2-4-6-12/h2-10H,11H2,1H3. The predicted molar refractivity (Wildman–Crippen MR) is 89.8 cm³/mol. The van der Waals surface area contributed by atoms with Crippen molar-refractivity contribution in [2.24, 2.45) is 0 Å². The van der Waals surface area contributed by atoms with E-state index in [9.17, 15) is 14.9 Å². The van der Waals surface area contributed by atoms with E-state index < -0.39 is 4.92 Å². The van der Waals surface area contributed by atoms with Crippen LogP contribution in [0, 0.1) is 10.1 Å². The molecular formula is C16H14N6O3. The largest absolute Gasteiger partial charge is 0.314 e. The van der Waals surface area contributed by atoms with E-state index in [0.717, 1.165) is 5.56 Å². The molecule has 1 aromatic heterocycles. The molecule has 2 aromatic carbocycles. The molecule has 0 aliphatic rings. The van der Waals surface area contributed by atoms with Crippen LogP contribution in [0.1, 0.15) is 0 Å². The SMILES string of the molecule is CN(C(=O)Cn1nnc(-c2ccccc2)n1)c1ccc([N+](=O)[O-])cc1. The Morgan fingerprint density at radius 1 is 1.16 bits per heavy atom. The smallest absolute Gasteiger partial charge is 0.269 e. The maximum Gasteiger partial charge on any atom is 0.269 e. The summed E-state index contributed by atoms with van der Waals surface area (Å²) in [7, 11) is 1.58. The Morgan fingerprint density at radius 3 is 2.48 bits per heavy atom. The van der Waals surface area contributed by atoms with E-state index in [4.69, 9.17) is 0 Å². The second kappa shape index (κ2) is 6.87. The minimum atomic E-state index is -0.490. The monoisotopic (exact) mass is 338 g/mol. The van der Waals surface area contributed by atoms with E-state index in [-0.39, 0.29) is 18.1 Å². The molecule has 0 saturated carbocycles. The van der Waals surface area contributed by atoms with Crippen molar-refractivity contribution >= 4 is 17.3 Å². The number of anilines is 1. The van der Waals surface area contributed by atoms with Gasteiger partial charge in [-0.05, 0) is 17.3 Å². The van der Waals surface area contributed by atoms with Gasteiger partial charge in [-0.2, -0.15) is 4.80 Å². The number of nitrogens with zero attached hydrogens (tertiary/aromatic N) is 6. The molecule has 0 unspecified atom stereocenters. The van der Waals surface area contributed by atoms with Crippen LogP contribution in [-0.4, -0.2) is 38.1 Å². The molecule has 9 nitrogen and oxygen atoms in total. The van der Waals surface area contributed by atoms with Gasteiger partial charge in [0, 0.05) is 30.4 Å². The number of nitro groups is 1. The molecular weight excluding hydrogens is 324 g/mol. The van der Waals surface area contributed by atoms with Crippen molar-refractivity contribution in [3.63, 3.8) is 0 Å². The van der Waals surface area contributed by atoms with Gasteiger partial charge in [0.1, 0.15) is 6.54 Å². The first-order valence-corrected chi connectivity index (χ1v) is 7.39. The van der Waals surface area contributed by atoms with Crippen LogP contribution < -0.4 is 4.90 Å². The summed E-state index contributed by atoms with van der Waals surface area (Å²) in [5.74, 6) is 0.164. The summed E-state index contributed by atoms with van der Waals surface area (Å²) in [6, 6.07) is 15.0. The Morgan fingerprint density at radius 2 is 1.84 bits per heavy atom. The summed E-state index contributed by atoms with van der Waals surface area (Å²) in [6.45, 7) is -0.0900. The summed E-state index contributed by atoms with van der Waals surface area (Å²) in [6.07, 6.45) is 0. The first kappa shape index (κ1) is 16.2. The Balaban J connectivity index is 1.69. The summed E-state index contributed by atoms with van der Waals surface area (Å²) < 4.78 is 0. The highest BCUT2D eigenvalue weighted by molar-refractivity contribution is 5.92. The van der Waals surface area contributed by atoms with Crippen molar-refractivity contribution in [3.05, 3.63) is 64.7 Å². The Bertz CT molecular complexity index is 892. The topological polar surface area (TPSA) is 107 Å². The number of amides is 1. The average Bonchev–Trinajstić information content (AvgIpc) is 3.10. The molecule has 25 heavy (non-hydrogen) atoms. The van der Waals surface area contributed by atoms with Gasteiger partial charge in [-0.3, -0.25) is 14.9 Å². The fourth-order valence-electron chi connectivity index (χ4n) is 2.18. The van der Waals surface area contributed by atoms with Crippen molar-refractivity contribution in [2.75, 3.05) is 11.9 Å². The maximum absolute atomic E-state index is 12.3. The highest BCUT2D eigenvalue weighted by Gasteiger charge is 2.15. The molecule has 0 aliphatic carbocycles. The van der Waals surface area contributed by atoms with E-state index in [1.807, 2.05) is 30.3 Å². The zero-order valence-corrected chi connectivity index (χ0v) is 13.3. The fourth-order valence-corrected chi connectivity index (χ4v) is 2.18. The highest BCUT2D eigenvalue weighted by Crippen LogP contribution is 2.18. The lowest BCUT2D eigenvalue weighted by Gasteiger charge is -2.16. The first-order chi connectivity index (χ1) is 12.0. The molecule has 0 spiro atoms. The molecule has 0 atom stereocenters. The van der Waals surface area contributed by atoms with Crippen LogP contribution >= 0.6 is 0 Å². The predicted octanol–water partition coefficient (Wildman–Crippen LogP) is 1.91. The number of hydrogen-bond acceptors (Lipinski definition) is 6. The normalized spacial score (nSPS) is 10.4. The van der Waals surface area contributed by atoms with E-state index in [1.165, 1.54) is 34.0 Å². The van der Waals surface area contributed by atoms with Crippen molar-refractivity contribution in [2.45, 2.75) is 6.54 Å². The third-order valence-electron chi connectivity index (χ3n) is 3.58. The zero-order chi connectivity index (χ0) is 17.8. The number of non-ortho nitro benzene ring substituents is 1. The van der Waals surface area contributed by atoms with Gasteiger partial charge in [0.2, 0.25) is 11.7 Å². The molecule has 0 radical (unpaired) electrons. The van der Waals surface area contributed by atoms with E-state index >= 15 is 0 Å². The van der Waals surface area contributed by atoms with Gasteiger partial charge >= 0.3 is 0 Å². The lowest BCUT2D eigenvalue weighted by molar-refractivity contribution is -0.384. The third kappa shape index (κ3) is 3.66. The van der Waals surface area contributed by atoms with E-state index in [0.29, 0.717) is 11.5 Å². The van der Waals surface area contributed by atoms with Gasteiger partial charge in [-0.15, -0.1) is 10.2 Å². The Hall–Kier alpha value is -3.62. The maximum atomic E-state index is 12.3. The van der Waals surface area contributed by atoms with Gasteiger partial charge in [0.05, 0.1) is 4.92 Å². The average molecular weight is 338 g/mol. The van der Waals surface area contributed by atoms with Gasteiger partial charge < -0.3 is 4.90 Å². The highest BCUT2D eigenvalue weighted by atomic mass is 16.6. The summed E-state index contributed by atoms with van der Waals surface area (Å²) in [5.41, 5.74) is 1.32. The molecule has 0 fully saturated rings. The Kier molecular flexibility index (Phi) is 4.46. The molecule has 1 amide bonds. The molecule has 0 N–H and O–H groups in total. The number of benzene rings is 2. The number of rotatable bonds is 5. The van der Waals surface area contributed by atoms with Gasteiger partial charge in [-0.1, -0.05) is 30.3 Å². The molecule has 9 heteroatoms. The van der Waals surface area contributed by atoms with Gasteiger partial charge in [0.25, 0.3) is 5.69 Å². The third-order valence-corrected chi connectivity index (χ3v) is 3.58. The lowest BCUT2D eigenvalue weighted by Crippen LogP contribution is -2.30. The van der Waals surface area contributed by atoms with Crippen molar-refractivity contribution in [1.29, 1.82) is 0 Å². The van der Waals surface area contributed by atoms with Crippen molar-refractivity contribution in [3.8, 4) is 11.4 Å². The van der Waals surface area contributed by atoms with Crippen LogP contribution in [-0.2, 0) is 11.3 Å². The number of likely N-dealkylation sites (N-methyl/N-ethyl adjacent to an activating group) is 1. The van der Waals surface area contributed by atoms with Crippen LogP contribution in [0.25, 0.3) is 11.4 Å². The summed E-state index contributed by atoms with van der Waals surface area (Å²) in [4.78, 5) is 25.1. The summed E-state index contributed by atoms with van der Waals surface area (Å²) >= 11 is 0. The molecule has 0 aliphatic heterocycles. The molecule has 1 heterocycles. The fraction of sp³-hybridized carbons (Fsp3) is 0.125. The number of carbonyl (C=O) groups excluding carboxylic acids is 1. The van der Waals surface area contributed by atoms with Gasteiger partial charge in [0.15, 0.2) is 0 Å². The van der Waals surface area contributed by atoms with Crippen molar-refractivity contribution < 1.29 is 9.72 Å². The minimum Gasteiger partial charge on any atom is -0.314 e. The van der Waals surface area contributed by atoms with Crippen LogP contribution in [0.3, 0.4) is 0 Å². The van der Waals surface area contributed by atoms with Crippen molar-refractivity contribution in [1.82, 2.24) is 20.2 Å². The minimum absolute atomic E-state index is 0.0324. The Labute approximate surface area is 142 Å². The number of hydrogen-bond donors (Lipinski definition) is 0. The van der Waals surface area contributed by atoms with E-state index in [1.54, 1.807) is 7.05 Å². The summed E-state index contributed by atoms with van der Waals surface area (Å²) in [5, 5.41) is 22.7.